The van der Waals surface area contributed by atoms with E-state index in [9.17, 15) is 4.79 Å². The molecule has 5 fully saturated rings. The molecule has 152 valence electrons. The van der Waals surface area contributed by atoms with Crippen molar-refractivity contribution in [3.8, 4) is 0 Å². The predicted octanol–water partition coefficient (Wildman–Crippen LogP) is 2.62. The van der Waals surface area contributed by atoms with Gasteiger partial charge in [-0.2, -0.15) is 5.10 Å². The summed E-state index contributed by atoms with van der Waals surface area (Å²) in [6.07, 6.45) is 9.01. The summed E-state index contributed by atoms with van der Waals surface area (Å²) in [4.78, 5) is 17.2. The van der Waals surface area contributed by atoms with Gasteiger partial charge in [-0.15, -0.1) is 5.10 Å². The van der Waals surface area contributed by atoms with Gasteiger partial charge in [-0.25, -0.2) is 0 Å². The van der Waals surface area contributed by atoms with Gasteiger partial charge in [0.15, 0.2) is 5.82 Å². The Morgan fingerprint density at radius 1 is 1.11 bits per heavy atom. The zero-order valence-electron chi connectivity index (χ0n) is 17.2. The number of anilines is 1. The van der Waals surface area contributed by atoms with Crippen molar-refractivity contribution >= 4 is 11.7 Å². The number of carbonyl (C=O) groups excluding carboxylic acids is 1. The van der Waals surface area contributed by atoms with Crippen LogP contribution in [0.2, 0.25) is 0 Å². The van der Waals surface area contributed by atoms with Crippen LogP contribution in [0.3, 0.4) is 0 Å². The Labute approximate surface area is 168 Å². The minimum Gasteiger partial charge on any atom is -0.361 e. The number of hydrogen-bond acceptors (Lipinski definition) is 5. The van der Waals surface area contributed by atoms with E-state index in [4.69, 9.17) is 0 Å². The van der Waals surface area contributed by atoms with Gasteiger partial charge in [0.05, 0.1) is 18.3 Å². The highest BCUT2D eigenvalue weighted by atomic mass is 16.2. The molecule has 1 saturated heterocycles. The Morgan fingerprint density at radius 3 is 2.43 bits per heavy atom. The lowest BCUT2D eigenvalue weighted by Crippen LogP contribution is -2.57. The van der Waals surface area contributed by atoms with E-state index in [1.165, 1.54) is 32.1 Å². The van der Waals surface area contributed by atoms with Crippen LogP contribution in [0.1, 0.15) is 56.7 Å². The van der Waals surface area contributed by atoms with Crippen molar-refractivity contribution in [1.29, 1.82) is 0 Å². The van der Waals surface area contributed by atoms with Crippen molar-refractivity contribution in [1.82, 2.24) is 20.4 Å². The second-order valence-corrected chi connectivity index (χ2v) is 9.86. The summed E-state index contributed by atoms with van der Waals surface area (Å²) in [5.74, 6) is 4.44. The number of likely N-dealkylation sites (tertiary alicyclic amines) is 1. The van der Waals surface area contributed by atoms with Crippen LogP contribution in [-0.4, -0.2) is 54.2 Å². The van der Waals surface area contributed by atoms with Crippen LogP contribution in [0.5, 0.6) is 0 Å². The second-order valence-electron chi connectivity index (χ2n) is 9.86. The molecule has 1 atom stereocenters. The van der Waals surface area contributed by atoms with Gasteiger partial charge in [-0.1, -0.05) is 0 Å². The van der Waals surface area contributed by atoms with Crippen LogP contribution < -0.4 is 10.2 Å². The number of carbonyl (C=O) groups is 1. The first kappa shape index (κ1) is 18.3. The fourth-order valence-electron chi connectivity index (χ4n) is 6.68. The van der Waals surface area contributed by atoms with Crippen molar-refractivity contribution in [2.75, 3.05) is 32.1 Å². The number of hydrogen-bond donors (Lipinski definition) is 1. The van der Waals surface area contributed by atoms with Gasteiger partial charge >= 0.3 is 0 Å². The van der Waals surface area contributed by atoms with Crippen LogP contribution in [0, 0.1) is 23.7 Å². The number of rotatable bonds is 5. The Bertz CT molecular complexity index is 690. The van der Waals surface area contributed by atoms with Gasteiger partial charge in [0.25, 0.3) is 0 Å². The minimum absolute atomic E-state index is 0.210. The zero-order chi connectivity index (χ0) is 19.3. The lowest BCUT2D eigenvalue weighted by Gasteiger charge is -2.54. The first-order valence-electron chi connectivity index (χ1n) is 11.1. The van der Waals surface area contributed by atoms with Crippen LogP contribution in [-0.2, 0) is 4.79 Å². The van der Waals surface area contributed by atoms with Gasteiger partial charge in [0.2, 0.25) is 5.91 Å². The molecule has 6 rings (SSSR count). The van der Waals surface area contributed by atoms with Crippen LogP contribution in [0.4, 0.5) is 5.82 Å². The van der Waals surface area contributed by atoms with Crippen molar-refractivity contribution < 1.29 is 4.79 Å². The molecule has 0 radical (unpaired) electrons. The highest BCUT2D eigenvalue weighted by Gasteiger charge is 2.48. The van der Waals surface area contributed by atoms with E-state index in [1.807, 2.05) is 25.1 Å². The molecular weight excluding hydrogens is 350 g/mol. The molecule has 4 bridgehead atoms. The van der Waals surface area contributed by atoms with E-state index in [-0.39, 0.29) is 11.9 Å². The monoisotopic (exact) mass is 383 g/mol. The van der Waals surface area contributed by atoms with Gasteiger partial charge in [0.1, 0.15) is 0 Å². The summed E-state index contributed by atoms with van der Waals surface area (Å²) in [5, 5.41) is 12.2. The SMILES string of the molecule is CN(C)c1ccc(C2CCCN2CC(=O)NC2C3CC4CC(C3)CC2C4)nn1. The Kier molecular flexibility index (Phi) is 4.77. The fraction of sp³-hybridized carbons (Fsp3) is 0.773. The van der Waals surface area contributed by atoms with E-state index in [0.29, 0.717) is 12.6 Å². The van der Waals surface area contributed by atoms with Crippen molar-refractivity contribution in [2.45, 2.75) is 57.0 Å². The molecule has 1 aromatic heterocycles. The van der Waals surface area contributed by atoms with E-state index < -0.39 is 0 Å². The van der Waals surface area contributed by atoms with E-state index >= 15 is 0 Å². The van der Waals surface area contributed by atoms with Crippen LogP contribution >= 0.6 is 0 Å². The number of aromatic nitrogens is 2. The quantitative estimate of drug-likeness (QED) is 0.847. The fourth-order valence-corrected chi connectivity index (χ4v) is 6.68. The molecular formula is C22H33N5O. The van der Waals surface area contributed by atoms with Gasteiger partial charge in [-0.05, 0) is 87.3 Å². The van der Waals surface area contributed by atoms with Crippen LogP contribution in [0.15, 0.2) is 12.1 Å². The number of nitrogens with zero attached hydrogens (tertiary/aromatic N) is 4. The average Bonchev–Trinajstić information content (AvgIpc) is 3.12. The molecule has 1 aromatic rings. The molecule has 4 aliphatic carbocycles. The second kappa shape index (κ2) is 7.29. The molecule has 0 spiro atoms. The summed E-state index contributed by atoms with van der Waals surface area (Å²) in [6, 6.07) is 4.74. The Balaban J connectivity index is 1.21. The normalized spacial score (nSPS) is 36.6. The smallest absolute Gasteiger partial charge is 0.234 e. The molecule has 4 saturated carbocycles. The number of nitrogens with one attached hydrogen (secondary N) is 1. The average molecular weight is 384 g/mol. The highest BCUT2D eigenvalue weighted by Crippen LogP contribution is 2.53. The Hall–Kier alpha value is -1.69. The molecule has 5 aliphatic rings. The molecule has 1 unspecified atom stereocenters. The van der Waals surface area contributed by atoms with Gasteiger partial charge in [-0.3, -0.25) is 9.69 Å². The third kappa shape index (κ3) is 3.40. The van der Waals surface area contributed by atoms with E-state index in [1.54, 1.807) is 0 Å². The standard InChI is InChI=1S/C22H33N5O/c1-26(2)20-6-5-18(24-25-20)19-4-3-7-27(19)13-21(28)23-22-16-9-14-8-15(11-16)12-17(22)10-14/h5-6,14-17,19,22H,3-4,7-13H2,1-2H3,(H,23,28). The topological polar surface area (TPSA) is 61.4 Å². The predicted molar refractivity (Wildman–Crippen MR) is 109 cm³/mol. The van der Waals surface area contributed by atoms with Crippen molar-refractivity contribution in [3.05, 3.63) is 17.8 Å². The lowest BCUT2D eigenvalue weighted by molar-refractivity contribution is -0.126. The minimum atomic E-state index is 0.210. The molecule has 6 nitrogen and oxygen atoms in total. The maximum absolute atomic E-state index is 12.9. The summed E-state index contributed by atoms with van der Waals surface area (Å²) < 4.78 is 0. The Morgan fingerprint density at radius 2 is 1.82 bits per heavy atom. The van der Waals surface area contributed by atoms with Crippen molar-refractivity contribution in [3.63, 3.8) is 0 Å². The molecule has 1 aliphatic heterocycles. The van der Waals surface area contributed by atoms with Crippen molar-refractivity contribution in [2.24, 2.45) is 23.7 Å². The van der Waals surface area contributed by atoms with Gasteiger partial charge in [0, 0.05) is 20.1 Å². The summed E-state index contributed by atoms with van der Waals surface area (Å²) in [5.41, 5.74) is 0.991. The first-order valence-corrected chi connectivity index (χ1v) is 11.1. The maximum atomic E-state index is 12.9. The molecule has 6 heteroatoms. The van der Waals surface area contributed by atoms with Gasteiger partial charge < -0.3 is 10.2 Å². The molecule has 0 aromatic carbocycles. The summed E-state index contributed by atoms with van der Waals surface area (Å²) >= 11 is 0. The third-order valence-electron chi connectivity index (χ3n) is 7.74. The summed E-state index contributed by atoms with van der Waals surface area (Å²) in [6.45, 7) is 1.46. The van der Waals surface area contributed by atoms with E-state index in [2.05, 4.69) is 26.5 Å². The first-order chi connectivity index (χ1) is 13.6. The largest absolute Gasteiger partial charge is 0.361 e. The van der Waals surface area contributed by atoms with Crippen LogP contribution in [0.25, 0.3) is 0 Å². The maximum Gasteiger partial charge on any atom is 0.234 e. The molecule has 2 heterocycles. The third-order valence-corrected chi connectivity index (χ3v) is 7.74. The molecule has 28 heavy (non-hydrogen) atoms. The molecule has 1 amide bonds. The van der Waals surface area contributed by atoms with E-state index in [0.717, 1.165) is 54.6 Å². The number of amides is 1. The summed E-state index contributed by atoms with van der Waals surface area (Å²) in [7, 11) is 3.94. The lowest BCUT2D eigenvalue weighted by atomic mass is 9.54. The highest BCUT2D eigenvalue weighted by molar-refractivity contribution is 5.78. The molecule has 1 N–H and O–H groups in total. The zero-order valence-corrected chi connectivity index (χ0v) is 17.2.